The fourth-order valence-corrected chi connectivity index (χ4v) is 2.93. The minimum atomic E-state index is -0.405. The highest BCUT2D eigenvalue weighted by molar-refractivity contribution is 5.94. The van der Waals surface area contributed by atoms with Gasteiger partial charge in [-0.2, -0.15) is 0 Å². The monoisotopic (exact) mass is 245 g/mol. The Bertz CT molecular complexity index is 527. The normalized spacial score (nSPS) is 19.0. The molecule has 0 aliphatic carbocycles. The Balaban J connectivity index is 1.98. The van der Waals surface area contributed by atoms with Crippen molar-refractivity contribution in [2.45, 2.75) is 19.8 Å². The van der Waals surface area contributed by atoms with Crippen molar-refractivity contribution >= 4 is 11.4 Å². The molecule has 0 N–H and O–H groups in total. The van der Waals surface area contributed by atoms with Gasteiger partial charge in [-0.25, -0.2) is 4.39 Å². The number of allylic oxidation sites excluding steroid dienone is 1. The summed E-state index contributed by atoms with van der Waals surface area (Å²) in [6, 6.07) is 4.98. The molecular weight excluding hydrogens is 229 g/mol. The molecule has 0 aromatic heterocycles. The molecule has 0 atom stereocenters. The van der Waals surface area contributed by atoms with Crippen molar-refractivity contribution in [1.29, 1.82) is 0 Å². The zero-order valence-corrected chi connectivity index (χ0v) is 10.4. The number of hydrogen-bond donors (Lipinski definition) is 0. The first-order valence-electron chi connectivity index (χ1n) is 6.42. The van der Waals surface area contributed by atoms with Crippen LogP contribution in [0.25, 0.3) is 5.57 Å². The third-order valence-corrected chi connectivity index (χ3v) is 3.97. The SMILES string of the molecule is CC(=O)c1ccc(C2=CN3CCC2CC3)cc1F. The fourth-order valence-electron chi connectivity index (χ4n) is 2.93. The molecule has 2 bridgehead atoms. The van der Waals surface area contributed by atoms with E-state index in [0.717, 1.165) is 31.5 Å². The molecule has 1 fully saturated rings. The second-order valence-corrected chi connectivity index (χ2v) is 5.15. The largest absolute Gasteiger partial charge is 0.377 e. The van der Waals surface area contributed by atoms with Gasteiger partial charge in [-0.05, 0) is 49.0 Å². The first-order valence-corrected chi connectivity index (χ1v) is 6.42. The van der Waals surface area contributed by atoms with Gasteiger partial charge in [0.15, 0.2) is 5.78 Å². The maximum absolute atomic E-state index is 13.8. The predicted molar refractivity (Wildman–Crippen MR) is 68.7 cm³/mol. The first-order chi connectivity index (χ1) is 8.65. The van der Waals surface area contributed by atoms with Gasteiger partial charge in [-0.15, -0.1) is 0 Å². The summed E-state index contributed by atoms with van der Waals surface area (Å²) in [5.74, 6) is -0.0723. The van der Waals surface area contributed by atoms with Crippen molar-refractivity contribution in [3.05, 3.63) is 41.3 Å². The van der Waals surface area contributed by atoms with E-state index in [0.29, 0.717) is 5.92 Å². The van der Waals surface area contributed by atoms with Crippen molar-refractivity contribution in [3.63, 3.8) is 0 Å². The number of benzene rings is 1. The molecule has 3 aliphatic rings. The standard InChI is InChI=1S/C15H16FNO/c1-10(18)13-3-2-12(8-15(13)16)14-9-17-6-4-11(14)5-7-17/h2-3,8-9,11H,4-7H2,1H3. The number of carbonyl (C=O) groups excluding carboxylic acids is 1. The Morgan fingerprint density at radius 2 is 2.06 bits per heavy atom. The third-order valence-electron chi connectivity index (χ3n) is 3.97. The molecule has 18 heavy (non-hydrogen) atoms. The Labute approximate surface area is 106 Å². The predicted octanol–water partition coefficient (Wildman–Crippen LogP) is 3.09. The molecule has 0 saturated carbocycles. The summed E-state index contributed by atoms with van der Waals surface area (Å²) in [4.78, 5) is 13.5. The highest BCUT2D eigenvalue weighted by Gasteiger charge is 2.28. The van der Waals surface area contributed by atoms with Crippen LogP contribution in [0.3, 0.4) is 0 Å². The molecule has 3 heteroatoms. The third kappa shape index (κ3) is 1.84. The topological polar surface area (TPSA) is 20.3 Å². The smallest absolute Gasteiger partial charge is 0.162 e. The van der Waals surface area contributed by atoms with Gasteiger partial charge in [0.1, 0.15) is 5.82 Å². The van der Waals surface area contributed by atoms with Crippen molar-refractivity contribution in [3.8, 4) is 0 Å². The van der Waals surface area contributed by atoms with E-state index in [4.69, 9.17) is 0 Å². The molecule has 0 radical (unpaired) electrons. The van der Waals surface area contributed by atoms with Gasteiger partial charge < -0.3 is 4.90 Å². The van der Waals surface area contributed by atoms with E-state index in [1.165, 1.54) is 18.6 Å². The minimum Gasteiger partial charge on any atom is -0.377 e. The fraction of sp³-hybridized carbons (Fsp3) is 0.400. The van der Waals surface area contributed by atoms with Gasteiger partial charge >= 0.3 is 0 Å². The summed E-state index contributed by atoms with van der Waals surface area (Å²) >= 11 is 0. The number of piperidine rings is 1. The van der Waals surface area contributed by atoms with E-state index < -0.39 is 5.82 Å². The number of ketones is 1. The van der Waals surface area contributed by atoms with Crippen LogP contribution in [0.15, 0.2) is 24.4 Å². The second kappa shape index (κ2) is 4.23. The number of Topliss-reactive ketones (excluding diaryl/α,β-unsaturated/α-hetero) is 1. The van der Waals surface area contributed by atoms with Crippen molar-refractivity contribution in [1.82, 2.24) is 4.90 Å². The van der Waals surface area contributed by atoms with Gasteiger partial charge in [0.2, 0.25) is 0 Å². The number of rotatable bonds is 2. The molecular formula is C15H16FNO. The summed E-state index contributed by atoms with van der Waals surface area (Å²) < 4.78 is 13.8. The maximum Gasteiger partial charge on any atom is 0.162 e. The van der Waals surface area contributed by atoms with E-state index in [1.807, 2.05) is 6.07 Å². The molecule has 94 valence electrons. The molecule has 3 heterocycles. The molecule has 0 unspecified atom stereocenters. The molecule has 3 aliphatic heterocycles. The Morgan fingerprint density at radius 3 is 2.56 bits per heavy atom. The van der Waals surface area contributed by atoms with Gasteiger partial charge in [-0.3, -0.25) is 4.79 Å². The lowest BCUT2D eigenvalue weighted by Gasteiger charge is -2.39. The average Bonchev–Trinajstić information content (AvgIpc) is 2.39. The lowest BCUT2D eigenvalue weighted by molar-refractivity contribution is 0.101. The van der Waals surface area contributed by atoms with Gasteiger partial charge in [0.25, 0.3) is 0 Å². The molecule has 1 aromatic carbocycles. The van der Waals surface area contributed by atoms with Gasteiger partial charge in [0.05, 0.1) is 5.56 Å². The summed E-state index contributed by atoms with van der Waals surface area (Å²) in [7, 11) is 0. The summed E-state index contributed by atoms with van der Waals surface area (Å²) in [5.41, 5.74) is 2.33. The highest BCUT2D eigenvalue weighted by atomic mass is 19.1. The first kappa shape index (κ1) is 11.5. The van der Waals surface area contributed by atoms with Crippen molar-refractivity contribution in [2.24, 2.45) is 5.92 Å². The Morgan fingerprint density at radius 1 is 1.33 bits per heavy atom. The molecule has 1 aromatic rings. The van der Waals surface area contributed by atoms with Crippen LogP contribution in [0.5, 0.6) is 0 Å². The zero-order valence-electron chi connectivity index (χ0n) is 10.4. The number of hydrogen-bond acceptors (Lipinski definition) is 2. The number of nitrogens with zero attached hydrogens (tertiary/aromatic N) is 1. The van der Waals surface area contributed by atoms with Crippen LogP contribution in [0, 0.1) is 11.7 Å². The molecule has 0 amide bonds. The van der Waals surface area contributed by atoms with E-state index in [2.05, 4.69) is 11.1 Å². The van der Waals surface area contributed by atoms with Gasteiger partial charge in [-0.1, -0.05) is 6.07 Å². The van der Waals surface area contributed by atoms with E-state index >= 15 is 0 Å². The molecule has 4 rings (SSSR count). The van der Waals surface area contributed by atoms with Crippen LogP contribution < -0.4 is 0 Å². The molecule has 0 spiro atoms. The Kier molecular flexibility index (Phi) is 2.69. The lowest BCUT2D eigenvalue weighted by atomic mass is 9.82. The Hall–Kier alpha value is -1.64. The van der Waals surface area contributed by atoms with E-state index in [1.54, 1.807) is 6.07 Å². The quantitative estimate of drug-likeness (QED) is 0.746. The molecule has 1 saturated heterocycles. The number of fused-ring (bicyclic) bond motifs is 2. The second-order valence-electron chi connectivity index (χ2n) is 5.15. The van der Waals surface area contributed by atoms with Crippen LogP contribution >= 0.6 is 0 Å². The van der Waals surface area contributed by atoms with Crippen LogP contribution in [0.1, 0.15) is 35.7 Å². The zero-order chi connectivity index (χ0) is 12.7. The number of halogens is 1. The minimum absolute atomic E-state index is 0.181. The number of carbonyl (C=O) groups is 1. The van der Waals surface area contributed by atoms with Crippen molar-refractivity contribution < 1.29 is 9.18 Å². The maximum atomic E-state index is 13.8. The van der Waals surface area contributed by atoms with Crippen LogP contribution in [0.2, 0.25) is 0 Å². The van der Waals surface area contributed by atoms with E-state index in [-0.39, 0.29) is 11.3 Å². The highest BCUT2D eigenvalue weighted by Crippen LogP contribution is 2.37. The van der Waals surface area contributed by atoms with Crippen LogP contribution in [-0.2, 0) is 0 Å². The average molecular weight is 245 g/mol. The van der Waals surface area contributed by atoms with Gasteiger partial charge in [0, 0.05) is 19.3 Å². The van der Waals surface area contributed by atoms with Crippen molar-refractivity contribution in [2.75, 3.05) is 13.1 Å². The van der Waals surface area contributed by atoms with Crippen LogP contribution in [0.4, 0.5) is 4.39 Å². The summed E-state index contributed by atoms with van der Waals surface area (Å²) in [6.45, 7) is 3.62. The summed E-state index contributed by atoms with van der Waals surface area (Å²) in [5, 5.41) is 0. The lowest BCUT2D eigenvalue weighted by Crippen LogP contribution is -2.35. The summed E-state index contributed by atoms with van der Waals surface area (Å²) in [6.07, 6.45) is 4.46. The van der Waals surface area contributed by atoms with E-state index in [9.17, 15) is 9.18 Å². The molecule has 2 nitrogen and oxygen atoms in total. The van der Waals surface area contributed by atoms with Crippen LogP contribution in [-0.4, -0.2) is 23.8 Å².